The smallest absolute Gasteiger partial charge is 0.389 e. The molecule has 0 aromatic heterocycles. The molecule has 0 amide bonds. The number of ether oxygens (including phenoxy) is 1. The lowest BCUT2D eigenvalue weighted by molar-refractivity contribution is -0.136. The average Bonchev–Trinajstić information content (AvgIpc) is 2.46. The van der Waals surface area contributed by atoms with Gasteiger partial charge < -0.3 is 10.5 Å². The predicted octanol–water partition coefficient (Wildman–Crippen LogP) is 5.24. The normalized spacial score (nSPS) is 12.4. The molecule has 2 nitrogen and oxygen atoms in total. The molecule has 2 aromatic carbocycles. The molecule has 0 unspecified atom stereocenters. The van der Waals surface area contributed by atoms with Crippen molar-refractivity contribution in [3.05, 3.63) is 60.2 Å². The molecule has 1 atom stereocenters. The summed E-state index contributed by atoms with van der Waals surface area (Å²) in [6, 6.07) is 15.4. The van der Waals surface area contributed by atoms with Gasteiger partial charge in [-0.15, -0.1) is 12.4 Å². The first-order valence-electron chi connectivity index (χ1n) is 6.59. The van der Waals surface area contributed by atoms with Crippen LogP contribution in [0, 0.1) is 0 Å². The molecule has 22 heavy (non-hydrogen) atoms. The first-order valence-corrected chi connectivity index (χ1v) is 6.59. The second-order valence-corrected chi connectivity index (χ2v) is 4.74. The molecule has 0 heterocycles. The second kappa shape index (κ2) is 8.06. The van der Waals surface area contributed by atoms with Crippen LogP contribution in [0.5, 0.6) is 11.5 Å². The Labute approximate surface area is 133 Å². The number of hydrogen-bond donors (Lipinski definition) is 1. The molecule has 2 rings (SSSR count). The van der Waals surface area contributed by atoms with Crippen molar-refractivity contribution in [2.24, 2.45) is 5.73 Å². The third kappa shape index (κ3) is 5.95. The molecular formula is C16H17ClF3NO. The zero-order chi connectivity index (χ0) is 15.3. The Balaban J connectivity index is 0.00000242. The maximum atomic E-state index is 12.2. The summed E-state index contributed by atoms with van der Waals surface area (Å²) >= 11 is 0. The average molecular weight is 332 g/mol. The predicted molar refractivity (Wildman–Crippen MR) is 82.4 cm³/mol. The van der Waals surface area contributed by atoms with Crippen LogP contribution in [-0.4, -0.2) is 6.18 Å². The van der Waals surface area contributed by atoms with E-state index in [1.165, 1.54) is 0 Å². The molecule has 2 aromatic rings. The molecule has 2 N–H and O–H groups in total. The molecule has 0 saturated heterocycles. The lowest BCUT2D eigenvalue weighted by Crippen LogP contribution is -2.15. The number of para-hydroxylation sites is 1. The summed E-state index contributed by atoms with van der Waals surface area (Å²) in [5.74, 6) is 1.32. The van der Waals surface area contributed by atoms with Gasteiger partial charge in [0.15, 0.2) is 0 Å². The molecule has 0 saturated carbocycles. The summed E-state index contributed by atoms with van der Waals surface area (Å²) < 4.78 is 42.1. The van der Waals surface area contributed by atoms with Gasteiger partial charge in [0.1, 0.15) is 11.5 Å². The van der Waals surface area contributed by atoms with E-state index in [2.05, 4.69) is 0 Å². The minimum absolute atomic E-state index is 0. The highest BCUT2D eigenvalue weighted by Crippen LogP contribution is 2.28. The Bertz CT molecular complexity index is 558. The summed E-state index contributed by atoms with van der Waals surface area (Å²) in [6.45, 7) is 0. The molecule has 0 bridgehead atoms. The van der Waals surface area contributed by atoms with Gasteiger partial charge in [-0.3, -0.25) is 0 Å². The van der Waals surface area contributed by atoms with Gasteiger partial charge in [-0.2, -0.15) is 13.2 Å². The van der Waals surface area contributed by atoms with Crippen LogP contribution in [0.25, 0.3) is 0 Å². The Hall–Kier alpha value is -1.72. The van der Waals surface area contributed by atoms with Crippen molar-refractivity contribution < 1.29 is 17.9 Å². The van der Waals surface area contributed by atoms with E-state index in [-0.39, 0.29) is 18.8 Å². The minimum atomic E-state index is -4.17. The van der Waals surface area contributed by atoms with Gasteiger partial charge in [0.2, 0.25) is 0 Å². The molecule has 0 aliphatic heterocycles. The van der Waals surface area contributed by atoms with Crippen LogP contribution in [-0.2, 0) is 0 Å². The molecule has 0 fully saturated rings. The van der Waals surface area contributed by atoms with Gasteiger partial charge in [-0.05, 0) is 36.2 Å². The largest absolute Gasteiger partial charge is 0.457 e. The van der Waals surface area contributed by atoms with E-state index in [1.54, 1.807) is 24.3 Å². The van der Waals surface area contributed by atoms with E-state index in [0.29, 0.717) is 17.1 Å². The molecular weight excluding hydrogens is 315 g/mol. The fourth-order valence-corrected chi connectivity index (χ4v) is 1.89. The fraction of sp³-hybridized carbons (Fsp3) is 0.250. The standard InChI is InChI=1S/C16H16F3NO.ClH/c17-16(18,19)11-10-15(20)12-6-8-14(9-7-12)21-13-4-2-1-3-5-13;/h1-9,15H,10-11,20H2;1H/t15-;/m1./s1. The third-order valence-corrected chi connectivity index (χ3v) is 3.03. The minimum Gasteiger partial charge on any atom is -0.457 e. The summed E-state index contributed by atoms with van der Waals surface area (Å²) in [6.07, 6.45) is -5.17. The van der Waals surface area contributed by atoms with Gasteiger partial charge in [-0.25, -0.2) is 0 Å². The van der Waals surface area contributed by atoms with Crippen LogP contribution >= 0.6 is 12.4 Å². The zero-order valence-corrected chi connectivity index (χ0v) is 12.5. The Morgan fingerprint density at radius 1 is 0.909 bits per heavy atom. The summed E-state index contributed by atoms with van der Waals surface area (Å²) in [4.78, 5) is 0. The van der Waals surface area contributed by atoms with Gasteiger partial charge in [0, 0.05) is 12.5 Å². The quantitative estimate of drug-likeness (QED) is 0.812. The number of benzene rings is 2. The van der Waals surface area contributed by atoms with Crippen LogP contribution < -0.4 is 10.5 Å². The molecule has 0 aliphatic carbocycles. The van der Waals surface area contributed by atoms with Crippen molar-refractivity contribution in [2.45, 2.75) is 25.1 Å². The number of alkyl halides is 3. The van der Waals surface area contributed by atoms with Crippen molar-refractivity contribution in [1.29, 1.82) is 0 Å². The highest BCUT2D eigenvalue weighted by Gasteiger charge is 2.27. The monoisotopic (exact) mass is 331 g/mol. The third-order valence-electron chi connectivity index (χ3n) is 3.03. The topological polar surface area (TPSA) is 35.2 Å². The van der Waals surface area contributed by atoms with Crippen molar-refractivity contribution in [3.63, 3.8) is 0 Å². The molecule has 0 radical (unpaired) electrons. The zero-order valence-electron chi connectivity index (χ0n) is 11.7. The maximum Gasteiger partial charge on any atom is 0.389 e. The van der Waals surface area contributed by atoms with E-state index >= 15 is 0 Å². The Morgan fingerprint density at radius 3 is 2.00 bits per heavy atom. The van der Waals surface area contributed by atoms with Crippen LogP contribution in [0.1, 0.15) is 24.4 Å². The molecule has 0 aliphatic rings. The highest BCUT2D eigenvalue weighted by atomic mass is 35.5. The van der Waals surface area contributed by atoms with Gasteiger partial charge in [0.05, 0.1) is 0 Å². The van der Waals surface area contributed by atoms with E-state index in [0.717, 1.165) is 0 Å². The van der Waals surface area contributed by atoms with E-state index in [1.807, 2.05) is 30.3 Å². The molecule has 0 spiro atoms. The number of halogens is 4. The van der Waals surface area contributed by atoms with E-state index < -0.39 is 18.6 Å². The van der Waals surface area contributed by atoms with E-state index in [4.69, 9.17) is 10.5 Å². The Kier molecular flexibility index (Phi) is 6.71. The van der Waals surface area contributed by atoms with Crippen molar-refractivity contribution in [2.75, 3.05) is 0 Å². The maximum absolute atomic E-state index is 12.2. The van der Waals surface area contributed by atoms with Crippen LogP contribution in [0.15, 0.2) is 54.6 Å². The fourth-order valence-electron chi connectivity index (χ4n) is 1.89. The van der Waals surface area contributed by atoms with Gasteiger partial charge in [-0.1, -0.05) is 30.3 Å². The molecule has 120 valence electrons. The first kappa shape index (κ1) is 18.3. The van der Waals surface area contributed by atoms with Crippen molar-refractivity contribution in [3.8, 4) is 11.5 Å². The summed E-state index contributed by atoms with van der Waals surface area (Å²) in [5, 5.41) is 0. The molecule has 6 heteroatoms. The van der Waals surface area contributed by atoms with Gasteiger partial charge >= 0.3 is 6.18 Å². The lowest BCUT2D eigenvalue weighted by atomic mass is 10.0. The Morgan fingerprint density at radius 2 is 1.45 bits per heavy atom. The first-order chi connectivity index (χ1) is 9.94. The summed E-state index contributed by atoms with van der Waals surface area (Å²) in [5.41, 5.74) is 6.43. The lowest BCUT2D eigenvalue weighted by Gasteiger charge is -2.14. The SMILES string of the molecule is Cl.N[C@H](CCC(F)(F)F)c1ccc(Oc2ccccc2)cc1. The van der Waals surface area contributed by atoms with Crippen molar-refractivity contribution >= 4 is 12.4 Å². The van der Waals surface area contributed by atoms with Crippen molar-refractivity contribution in [1.82, 2.24) is 0 Å². The second-order valence-electron chi connectivity index (χ2n) is 4.74. The highest BCUT2D eigenvalue weighted by molar-refractivity contribution is 5.85. The number of hydrogen-bond acceptors (Lipinski definition) is 2. The van der Waals surface area contributed by atoms with Crippen LogP contribution in [0.2, 0.25) is 0 Å². The van der Waals surface area contributed by atoms with Crippen LogP contribution in [0.4, 0.5) is 13.2 Å². The number of rotatable bonds is 5. The summed E-state index contributed by atoms with van der Waals surface area (Å²) in [7, 11) is 0. The van der Waals surface area contributed by atoms with Crippen LogP contribution in [0.3, 0.4) is 0 Å². The van der Waals surface area contributed by atoms with E-state index in [9.17, 15) is 13.2 Å². The number of nitrogens with two attached hydrogens (primary N) is 1. The van der Waals surface area contributed by atoms with Gasteiger partial charge in [0.25, 0.3) is 0 Å².